The van der Waals surface area contributed by atoms with Crippen LogP contribution in [0, 0.1) is 19.8 Å². The number of carbonyl (C=O) groups excluding carboxylic acids is 1. The minimum absolute atomic E-state index is 0.0104. The van der Waals surface area contributed by atoms with E-state index in [0.717, 1.165) is 22.5 Å². The van der Waals surface area contributed by atoms with Gasteiger partial charge >= 0.3 is 0 Å². The SMILES string of the molecule is Cc1nc(N)nc(C)c1CC(=O)N(Cc1ccccc1)C[C@@H](C)CO. The summed E-state index contributed by atoms with van der Waals surface area (Å²) in [5.74, 6) is 0.225. The van der Waals surface area contributed by atoms with Gasteiger partial charge in [-0.15, -0.1) is 0 Å². The van der Waals surface area contributed by atoms with Crippen LogP contribution in [-0.4, -0.2) is 39.0 Å². The average molecular weight is 342 g/mol. The summed E-state index contributed by atoms with van der Waals surface area (Å²) in [6, 6.07) is 9.84. The molecule has 0 unspecified atom stereocenters. The van der Waals surface area contributed by atoms with Crippen molar-refractivity contribution in [3.63, 3.8) is 0 Å². The Morgan fingerprint density at radius 3 is 2.36 bits per heavy atom. The third-order valence-electron chi connectivity index (χ3n) is 4.18. The molecule has 0 saturated heterocycles. The molecule has 3 N–H and O–H groups in total. The second-order valence-corrected chi connectivity index (χ2v) is 6.46. The number of nitrogens with two attached hydrogens (primary N) is 1. The van der Waals surface area contributed by atoms with Crippen molar-refractivity contribution in [3.8, 4) is 0 Å². The van der Waals surface area contributed by atoms with E-state index < -0.39 is 0 Å². The molecule has 0 fully saturated rings. The lowest BCUT2D eigenvalue weighted by atomic mass is 10.1. The van der Waals surface area contributed by atoms with Gasteiger partial charge in [0.05, 0.1) is 6.42 Å². The number of aliphatic hydroxyl groups excluding tert-OH is 1. The van der Waals surface area contributed by atoms with Crippen molar-refractivity contribution in [1.29, 1.82) is 0 Å². The monoisotopic (exact) mass is 342 g/mol. The van der Waals surface area contributed by atoms with Crippen LogP contribution >= 0.6 is 0 Å². The number of carbonyl (C=O) groups is 1. The fourth-order valence-electron chi connectivity index (χ4n) is 2.78. The molecule has 1 atom stereocenters. The maximum Gasteiger partial charge on any atom is 0.227 e. The van der Waals surface area contributed by atoms with Gasteiger partial charge in [0.25, 0.3) is 0 Å². The van der Waals surface area contributed by atoms with Gasteiger partial charge in [-0.3, -0.25) is 4.79 Å². The molecule has 1 aromatic carbocycles. The zero-order chi connectivity index (χ0) is 18.4. The minimum Gasteiger partial charge on any atom is -0.396 e. The van der Waals surface area contributed by atoms with Crippen molar-refractivity contribution in [2.75, 3.05) is 18.9 Å². The molecule has 0 saturated carbocycles. The Hall–Kier alpha value is -2.47. The number of rotatable bonds is 7. The van der Waals surface area contributed by atoms with Crippen LogP contribution < -0.4 is 5.73 Å². The second kappa shape index (κ2) is 8.58. The summed E-state index contributed by atoms with van der Waals surface area (Å²) in [7, 11) is 0. The summed E-state index contributed by atoms with van der Waals surface area (Å²) in [6.07, 6.45) is 0.225. The number of hydrogen-bond acceptors (Lipinski definition) is 5. The first-order valence-electron chi connectivity index (χ1n) is 8.42. The van der Waals surface area contributed by atoms with Crippen LogP contribution in [0.25, 0.3) is 0 Å². The first-order chi connectivity index (χ1) is 11.9. The molecule has 6 heteroatoms. The number of aryl methyl sites for hydroxylation is 2. The van der Waals surface area contributed by atoms with Crippen LogP contribution in [-0.2, 0) is 17.8 Å². The van der Waals surface area contributed by atoms with E-state index in [0.29, 0.717) is 13.1 Å². The Labute approximate surface area is 148 Å². The molecule has 0 aliphatic rings. The van der Waals surface area contributed by atoms with Crippen molar-refractivity contribution in [2.24, 2.45) is 5.92 Å². The van der Waals surface area contributed by atoms with Crippen molar-refractivity contribution in [2.45, 2.75) is 33.7 Å². The summed E-state index contributed by atoms with van der Waals surface area (Å²) in [5.41, 5.74) is 8.99. The number of nitrogens with zero attached hydrogens (tertiary/aromatic N) is 3. The largest absolute Gasteiger partial charge is 0.396 e. The van der Waals surface area contributed by atoms with E-state index >= 15 is 0 Å². The molecule has 134 valence electrons. The van der Waals surface area contributed by atoms with Gasteiger partial charge in [0.2, 0.25) is 11.9 Å². The number of anilines is 1. The van der Waals surface area contributed by atoms with E-state index in [2.05, 4.69) is 9.97 Å². The molecule has 0 aliphatic carbocycles. The van der Waals surface area contributed by atoms with Crippen LogP contribution in [0.4, 0.5) is 5.95 Å². The normalized spacial score (nSPS) is 12.0. The summed E-state index contributed by atoms with van der Waals surface area (Å²) in [4.78, 5) is 23.0. The molecule has 1 heterocycles. The van der Waals surface area contributed by atoms with Crippen LogP contribution in [0.15, 0.2) is 30.3 Å². The van der Waals surface area contributed by atoms with Gasteiger partial charge in [0, 0.05) is 36.6 Å². The van der Waals surface area contributed by atoms with E-state index in [1.165, 1.54) is 0 Å². The molecular weight excluding hydrogens is 316 g/mol. The first-order valence-corrected chi connectivity index (χ1v) is 8.42. The fourth-order valence-corrected chi connectivity index (χ4v) is 2.78. The van der Waals surface area contributed by atoms with Gasteiger partial charge in [-0.05, 0) is 25.3 Å². The van der Waals surface area contributed by atoms with Crippen molar-refractivity contribution in [1.82, 2.24) is 14.9 Å². The lowest BCUT2D eigenvalue weighted by Crippen LogP contribution is -2.36. The van der Waals surface area contributed by atoms with Crippen LogP contribution in [0.5, 0.6) is 0 Å². The maximum absolute atomic E-state index is 12.9. The Morgan fingerprint density at radius 2 is 1.80 bits per heavy atom. The molecule has 0 spiro atoms. The Balaban J connectivity index is 2.20. The Kier molecular flexibility index (Phi) is 6.47. The van der Waals surface area contributed by atoms with E-state index in [1.54, 1.807) is 4.90 Å². The summed E-state index contributed by atoms with van der Waals surface area (Å²) in [5, 5.41) is 9.37. The van der Waals surface area contributed by atoms with E-state index in [-0.39, 0.29) is 30.8 Å². The molecule has 2 aromatic rings. The van der Waals surface area contributed by atoms with Gasteiger partial charge < -0.3 is 15.7 Å². The number of aromatic nitrogens is 2. The topological polar surface area (TPSA) is 92.3 Å². The van der Waals surface area contributed by atoms with Gasteiger partial charge in [0.1, 0.15) is 0 Å². The van der Waals surface area contributed by atoms with E-state index in [9.17, 15) is 9.90 Å². The van der Waals surface area contributed by atoms with Gasteiger partial charge in [-0.2, -0.15) is 0 Å². The number of nitrogen functional groups attached to an aromatic ring is 1. The van der Waals surface area contributed by atoms with Crippen molar-refractivity contribution in [3.05, 3.63) is 52.8 Å². The zero-order valence-corrected chi connectivity index (χ0v) is 15.1. The third-order valence-corrected chi connectivity index (χ3v) is 4.18. The molecular formula is C19H26N4O2. The van der Waals surface area contributed by atoms with Crippen molar-refractivity contribution < 1.29 is 9.90 Å². The average Bonchev–Trinajstić information content (AvgIpc) is 2.58. The van der Waals surface area contributed by atoms with E-state index in [4.69, 9.17) is 5.73 Å². The molecule has 2 rings (SSSR count). The predicted octanol–water partition coefficient (Wildman–Crippen LogP) is 1.88. The lowest BCUT2D eigenvalue weighted by molar-refractivity contribution is -0.131. The molecule has 1 amide bonds. The Morgan fingerprint density at radius 1 is 1.20 bits per heavy atom. The van der Waals surface area contributed by atoms with Gasteiger partial charge in [-0.25, -0.2) is 9.97 Å². The maximum atomic E-state index is 12.9. The minimum atomic E-state index is -0.0104. The number of aliphatic hydroxyl groups is 1. The van der Waals surface area contributed by atoms with Crippen LogP contribution in [0.1, 0.15) is 29.4 Å². The lowest BCUT2D eigenvalue weighted by Gasteiger charge is -2.26. The highest BCUT2D eigenvalue weighted by atomic mass is 16.3. The van der Waals surface area contributed by atoms with Crippen LogP contribution in [0.3, 0.4) is 0 Å². The molecule has 6 nitrogen and oxygen atoms in total. The fraction of sp³-hybridized carbons (Fsp3) is 0.421. The quantitative estimate of drug-likeness (QED) is 0.801. The molecule has 0 bridgehead atoms. The van der Waals surface area contributed by atoms with Gasteiger partial charge in [-0.1, -0.05) is 37.3 Å². The molecule has 0 radical (unpaired) electrons. The summed E-state index contributed by atoms with van der Waals surface area (Å²) in [6.45, 7) is 6.66. The Bertz CT molecular complexity index is 696. The first kappa shape index (κ1) is 18.9. The molecule has 0 aliphatic heterocycles. The highest BCUT2D eigenvalue weighted by molar-refractivity contribution is 5.79. The van der Waals surface area contributed by atoms with Crippen LogP contribution in [0.2, 0.25) is 0 Å². The second-order valence-electron chi connectivity index (χ2n) is 6.46. The van der Waals surface area contributed by atoms with E-state index in [1.807, 2.05) is 51.1 Å². The highest BCUT2D eigenvalue weighted by Gasteiger charge is 2.20. The molecule has 25 heavy (non-hydrogen) atoms. The molecule has 1 aromatic heterocycles. The van der Waals surface area contributed by atoms with Crippen molar-refractivity contribution >= 4 is 11.9 Å². The number of benzene rings is 1. The summed E-state index contributed by atoms with van der Waals surface area (Å²) >= 11 is 0. The smallest absolute Gasteiger partial charge is 0.227 e. The summed E-state index contributed by atoms with van der Waals surface area (Å²) < 4.78 is 0. The third kappa shape index (κ3) is 5.26. The predicted molar refractivity (Wildman–Crippen MR) is 97.7 cm³/mol. The van der Waals surface area contributed by atoms with Gasteiger partial charge in [0.15, 0.2) is 0 Å². The number of hydrogen-bond donors (Lipinski definition) is 2. The zero-order valence-electron chi connectivity index (χ0n) is 15.1. The highest BCUT2D eigenvalue weighted by Crippen LogP contribution is 2.15. The number of amides is 1. The standard InChI is InChI=1S/C19H26N4O2/c1-13(12-24)10-23(11-16-7-5-4-6-8-16)18(25)9-17-14(2)21-19(20)22-15(17)3/h4-8,13,24H,9-12H2,1-3H3,(H2,20,21,22)/t13-/m1/s1.